The molecule has 1 aromatic heterocycles. The molecule has 0 atom stereocenters. The molecule has 1 heterocycles. The zero-order valence-electron chi connectivity index (χ0n) is 38.9. The van der Waals surface area contributed by atoms with E-state index in [0.717, 1.165) is 42.5 Å². The molecule has 0 amide bonds. The molecule has 38 heteroatoms. The number of aromatic nitrogens is 3. The van der Waals surface area contributed by atoms with Crippen molar-refractivity contribution < 1.29 is 205 Å². The molecule has 0 saturated carbocycles. The maximum Gasteiger partial charge on any atom is 1.00 e. The predicted octanol–water partition coefficient (Wildman–Crippen LogP) is -10.7. The van der Waals surface area contributed by atoms with Crippen LogP contribution in [0.15, 0.2) is 131 Å². The van der Waals surface area contributed by atoms with Gasteiger partial charge in [-0.05, 0) is 83.6 Å². The van der Waals surface area contributed by atoms with Crippen LogP contribution in [0.1, 0.15) is 0 Å². The van der Waals surface area contributed by atoms with Gasteiger partial charge in [0, 0.05) is 5.69 Å². The third-order valence-electron chi connectivity index (χ3n) is 8.94. The number of aromatic amines is 2. The smallest absolute Gasteiger partial charge is 0.871 e. The predicted molar refractivity (Wildman–Crippen MR) is 233 cm³/mol. The van der Waals surface area contributed by atoms with Gasteiger partial charge in [0.1, 0.15) is 31.7 Å². The first-order valence-corrected chi connectivity index (χ1v) is 27.6. The quantitative estimate of drug-likeness (QED) is 0.0253. The Bertz CT molecular complexity index is 3800. The first-order chi connectivity index (χ1) is 32.5. The molecule has 0 saturated heterocycles. The molecule has 0 aliphatic carbocycles. The average Bonchev–Trinajstić information content (AvgIpc) is 3.24. The van der Waals surface area contributed by atoms with E-state index in [2.05, 4.69) is 48.8 Å². The zero-order valence-corrected chi connectivity index (χ0v) is 51.8. The number of ether oxygens (including phenoxy) is 1. The van der Waals surface area contributed by atoms with Gasteiger partial charge in [-0.2, -0.15) is 13.4 Å². The summed E-state index contributed by atoms with van der Waals surface area (Å²) in [5.74, 6) is -3.29. The summed E-state index contributed by atoms with van der Waals surface area (Å²) in [6.45, 7) is -1.92. The van der Waals surface area contributed by atoms with E-state index in [1.54, 1.807) is 0 Å². The number of benzene rings is 5. The van der Waals surface area contributed by atoms with E-state index < -0.39 is 112 Å². The van der Waals surface area contributed by atoms with Crippen molar-refractivity contribution in [2.24, 2.45) is 20.2 Å². The Morgan fingerprint density at radius 3 is 1.76 bits per heavy atom. The van der Waals surface area contributed by atoms with Gasteiger partial charge in [-0.15, -0.1) is 10.2 Å². The standard InChI is InChI=1S/C36H34N8O20S6.4Na/c1-62-25-9-11-29(30(20-25)67(50,51)52)43-44-32-31(68(53,54)55)17-21-16-24(8-10-28(21)33(32)45)39-36-41-34(37-22-4-2-6-26(18-22)65(46,47)14-12-63-69(56,57)58)40-35(42-36)38-23-5-3-7-27(19-23)66(48,49)15-13-64-70(59,60)61;;;;/h2-11,16-20,45H,12-15H2,1H3,(H,50,51,52)(H,53,54,55)(H,56,57,58)(H,59,60,61)(H3,37,38,39,40,41,42);;;;/q;4*+1/p-4. The molecule has 74 heavy (non-hydrogen) atoms. The molecule has 5 aromatic carbocycles. The molecule has 0 radical (unpaired) electrons. The summed E-state index contributed by atoms with van der Waals surface area (Å²) in [6, 6.07) is 17.0. The SMILES string of the molecule is COc1ccc(N=Nc2c(S(=O)(=O)[O-])cc3cc(Nc4nc(=Nc5cccc(S(=O)(=O)CCOS(=O)(=O)[O-])c5)[nH]c(=Nc5cccc(S(=O)(=O)CCOS(=O)(=O)O)c5)[nH]4)ccc3c2[O-])c(S(=O)(=O)[O-])c1.[Na+].[Na+].[Na+].[Na+]. The van der Waals surface area contributed by atoms with Crippen LogP contribution in [-0.2, 0) is 69.1 Å². The van der Waals surface area contributed by atoms with Gasteiger partial charge in [-0.1, -0.05) is 23.9 Å². The van der Waals surface area contributed by atoms with Crippen molar-refractivity contribution >= 4 is 106 Å². The van der Waals surface area contributed by atoms with E-state index in [-0.39, 0.29) is 179 Å². The summed E-state index contributed by atoms with van der Waals surface area (Å²) in [7, 11) is -28.2. The number of sulfone groups is 2. The molecule has 0 aliphatic heterocycles. The number of hydrogen-bond acceptors (Lipinski definition) is 25. The minimum Gasteiger partial charge on any atom is -0.871 e. The van der Waals surface area contributed by atoms with Crippen molar-refractivity contribution in [3.05, 3.63) is 102 Å². The van der Waals surface area contributed by atoms with Gasteiger partial charge in [-0.25, -0.2) is 56.3 Å². The van der Waals surface area contributed by atoms with E-state index in [1.807, 2.05) is 0 Å². The number of H-pyrrole nitrogens is 2. The fourth-order valence-corrected chi connectivity index (χ4v) is 10.2. The van der Waals surface area contributed by atoms with Crippen LogP contribution >= 0.6 is 0 Å². The third-order valence-corrected chi connectivity index (χ3v) is 14.9. The minimum atomic E-state index is -5.52. The van der Waals surface area contributed by atoms with Crippen molar-refractivity contribution in [2.75, 3.05) is 37.1 Å². The molecule has 0 spiro atoms. The molecule has 374 valence electrons. The molecule has 0 bridgehead atoms. The topological polar surface area (TPSA) is 451 Å². The number of anilines is 2. The van der Waals surface area contributed by atoms with E-state index in [0.29, 0.717) is 0 Å². The first-order valence-electron chi connectivity index (χ1n) is 18.7. The summed E-state index contributed by atoms with van der Waals surface area (Å²) < 4.78 is 201. The Morgan fingerprint density at radius 2 is 1.22 bits per heavy atom. The molecular formula is C36H30N8Na4O20S6. The summed E-state index contributed by atoms with van der Waals surface area (Å²) in [5.41, 5.74) is -2.35. The van der Waals surface area contributed by atoms with Crippen LogP contribution in [0.25, 0.3) is 10.8 Å². The fourth-order valence-electron chi connectivity index (χ4n) is 5.90. The second-order valence-corrected chi connectivity index (χ2v) is 22.8. The summed E-state index contributed by atoms with van der Waals surface area (Å²) in [6.07, 6.45) is 0. The maximum atomic E-state index is 13.7. The number of rotatable bonds is 19. The largest absolute Gasteiger partial charge is 1.00 e. The molecule has 0 aliphatic rings. The van der Waals surface area contributed by atoms with Crippen LogP contribution in [-0.4, -0.2) is 115 Å². The Balaban J connectivity index is 0.00000469. The molecule has 6 rings (SSSR count). The van der Waals surface area contributed by atoms with E-state index >= 15 is 0 Å². The van der Waals surface area contributed by atoms with Gasteiger partial charge in [-0.3, -0.25) is 18.7 Å². The maximum absolute atomic E-state index is 13.7. The van der Waals surface area contributed by atoms with Crippen LogP contribution in [0.4, 0.5) is 34.4 Å². The van der Waals surface area contributed by atoms with Crippen LogP contribution in [0.5, 0.6) is 11.5 Å². The summed E-state index contributed by atoms with van der Waals surface area (Å²) in [4.78, 5) is 15.5. The van der Waals surface area contributed by atoms with E-state index in [1.165, 1.54) is 55.6 Å². The number of methoxy groups -OCH3 is 1. The van der Waals surface area contributed by atoms with Crippen molar-refractivity contribution in [2.45, 2.75) is 19.6 Å². The molecular weight excluding hydrogens is 1150 g/mol. The average molecular weight is 1180 g/mol. The summed E-state index contributed by atoms with van der Waals surface area (Å²) >= 11 is 0. The van der Waals surface area contributed by atoms with Gasteiger partial charge in [0.25, 0.3) is 0 Å². The van der Waals surface area contributed by atoms with Crippen molar-refractivity contribution in [3.63, 3.8) is 0 Å². The number of nitrogens with zero attached hydrogens (tertiary/aromatic N) is 5. The van der Waals surface area contributed by atoms with Gasteiger partial charge in [0.05, 0.1) is 68.5 Å². The zero-order chi connectivity index (χ0) is 51.5. The second kappa shape index (κ2) is 27.3. The van der Waals surface area contributed by atoms with Gasteiger partial charge in [0.2, 0.25) is 27.6 Å². The van der Waals surface area contributed by atoms with Crippen LogP contribution in [0.2, 0.25) is 0 Å². The Kier molecular flexibility index (Phi) is 25.0. The second-order valence-electron chi connectivity index (χ2n) is 13.8. The summed E-state index contributed by atoms with van der Waals surface area (Å²) in [5, 5.41) is 23.3. The van der Waals surface area contributed by atoms with Crippen LogP contribution in [0.3, 0.4) is 0 Å². The van der Waals surface area contributed by atoms with Crippen molar-refractivity contribution in [1.29, 1.82) is 0 Å². The van der Waals surface area contributed by atoms with Crippen molar-refractivity contribution in [1.82, 2.24) is 15.0 Å². The normalized spacial score (nSPS) is 12.8. The van der Waals surface area contributed by atoms with Crippen molar-refractivity contribution in [3.8, 4) is 11.5 Å². The third kappa shape index (κ3) is 19.1. The van der Waals surface area contributed by atoms with Crippen LogP contribution < -0.4 is 145 Å². The number of azo groups is 1. The van der Waals surface area contributed by atoms with Gasteiger partial charge in [0.15, 0.2) is 19.7 Å². The Morgan fingerprint density at radius 1 is 0.649 bits per heavy atom. The molecule has 0 fully saturated rings. The fraction of sp³-hybridized carbons (Fsp3) is 0.139. The Labute approximate surface area is 510 Å². The molecule has 0 unspecified atom stereocenters. The Hall–Kier alpha value is -2.57. The van der Waals surface area contributed by atoms with E-state index in [4.69, 9.17) is 9.29 Å². The number of fused-ring (bicyclic) bond motifs is 1. The van der Waals surface area contributed by atoms with Gasteiger partial charge >= 0.3 is 129 Å². The first kappa shape index (κ1) is 67.5. The monoisotopic (exact) mass is 1180 g/mol. The molecule has 4 N–H and O–H groups in total. The number of hydrogen-bond donors (Lipinski definition) is 4. The minimum absolute atomic E-state index is 0. The molecule has 6 aromatic rings. The molecule has 28 nitrogen and oxygen atoms in total. The number of nitrogens with one attached hydrogen (secondary N) is 3. The van der Waals surface area contributed by atoms with E-state index in [9.17, 15) is 69.3 Å². The van der Waals surface area contributed by atoms with Crippen LogP contribution in [0, 0.1) is 0 Å². The van der Waals surface area contributed by atoms with Gasteiger partial charge < -0.3 is 28.8 Å².